The number of rotatable bonds is 7. The molecule has 2 aromatic carbocycles. The van der Waals surface area contributed by atoms with Gasteiger partial charge in [-0.25, -0.2) is 0 Å². The predicted octanol–water partition coefficient (Wildman–Crippen LogP) is 5.29. The fourth-order valence-corrected chi connectivity index (χ4v) is 3.10. The Hall–Kier alpha value is -2.60. The molecule has 6 heteroatoms. The number of hydrogen-bond donors (Lipinski definition) is 1. The Kier molecular flexibility index (Phi) is 6.29. The summed E-state index contributed by atoms with van der Waals surface area (Å²) in [5, 5.41) is 11.3. The molecule has 0 spiro atoms. The maximum atomic E-state index is 12.2. The Morgan fingerprint density at radius 3 is 2.48 bits per heavy atom. The Balaban J connectivity index is 1.53. The molecule has 0 saturated heterocycles. The lowest BCUT2D eigenvalue weighted by Crippen LogP contribution is -2.14. The van der Waals surface area contributed by atoms with Gasteiger partial charge in [0.05, 0.1) is 5.75 Å². The van der Waals surface area contributed by atoms with Crippen molar-refractivity contribution in [3.63, 3.8) is 0 Å². The molecule has 1 amide bonds. The van der Waals surface area contributed by atoms with Gasteiger partial charge >= 0.3 is 0 Å². The van der Waals surface area contributed by atoms with E-state index in [1.807, 2.05) is 43.3 Å². The highest BCUT2D eigenvalue weighted by molar-refractivity contribution is 7.99. The van der Waals surface area contributed by atoms with Gasteiger partial charge in [-0.3, -0.25) is 4.79 Å². The summed E-state index contributed by atoms with van der Waals surface area (Å²) in [6.07, 6.45) is 1.09. The minimum Gasteiger partial charge on any atom is -0.411 e. The molecule has 1 atom stereocenters. The van der Waals surface area contributed by atoms with Crippen LogP contribution in [0.15, 0.2) is 58.2 Å². The zero-order chi connectivity index (χ0) is 19.2. The first-order valence-corrected chi connectivity index (χ1v) is 9.97. The topological polar surface area (TPSA) is 68.0 Å². The van der Waals surface area contributed by atoms with Crippen molar-refractivity contribution in [1.82, 2.24) is 10.2 Å². The normalized spacial score (nSPS) is 12.0. The highest BCUT2D eigenvalue weighted by atomic mass is 32.2. The van der Waals surface area contributed by atoms with E-state index < -0.39 is 0 Å². The lowest BCUT2D eigenvalue weighted by Gasteiger charge is -2.10. The molecule has 0 radical (unpaired) electrons. The average molecular weight is 382 g/mol. The molecule has 5 nitrogen and oxygen atoms in total. The number of carbonyl (C=O) groups excluding carboxylic acids is 1. The third-order valence-corrected chi connectivity index (χ3v) is 5.23. The van der Waals surface area contributed by atoms with Gasteiger partial charge in [-0.1, -0.05) is 55.4 Å². The van der Waals surface area contributed by atoms with Crippen LogP contribution in [-0.4, -0.2) is 21.9 Å². The molecule has 0 fully saturated rings. The Bertz CT molecular complexity index is 889. The van der Waals surface area contributed by atoms with E-state index in [0.717, 1.165) is 17.7 Å². The third kappa shape index (κ3) is 5.20. The van der Waals surface area contributed by atoms with Crippen LogP contribution in [0.3, 0.4) is 0 Å². The van der Waals surface area contributed by atoms with E-state index in [-0.39, 0.29) is 11.7 Å². The molecule has 0 bridgehead atoms. The van der Waals surface area contributed by atoms with Crippen LogP contribution in [0.4, 0.5) is 5.69 Å². The van der Waals surface area contributed by atoms with Crippen molar-refractivity contribution in [2.75, 3.05) is 11.1 Å². The van der Waals surface area contributed by atoms with Gasteiger partial charge in [0.15, 0.2) is 0 Å². The van der Waals surface area contributed by atoms with E-state index >= 15 is 0 Å². The number of anilines is 1. The van der Waals surface area contributed by atoms with Gasteiger partial charge in [0.25, 0.3) is 5.22 Å². The SMILES string of the molecule is CCC(C)c1ccc(NC(=O)CSc2nnc(-c3ccc(C)cc3)o2)cc1. The number of nitrogens with one attached hydrogen (secondary N) is 1. The summed E-state index contributed by atoms with van der Waals surface area (Å²) in [7, 11) is 0. The summed E-state index contributed by atoms with van der Waals surface area (Å²) in [5.41, 5.74) is 4.10. The van der Waals surface area contributed by atoms with E-state index in [1.54, 1.807) is 0 Å². The minimum absolute atomic E-state index is 0.105. The first kappa shape index (κ1) is 19.2. The largest absolute Gasteiger partial charge is 0.411 e. The van der Waals surface area contributed by atoms with Crippen molar-refractivity contribution in [3.8, 4) is 11.5 Å². The molecule has 1 heterocycles. The molecule has 1 aromatic heterocycles. The number of amides is 1. The lowest BCUT2D eigenvalue weighted by molar-refractivity contribution is -0.113. The number of carbonyl (C=O) groups is 1. The van der Waals surface area contributed by atoms with E-state index in [1.165, 1.54) is 22.9 Å². The van der Waals surface area contributed by atoms with Crippen LogP contribution >= 0.6 is 11.8 Å². The number of benzene rings is 2. The number of aryl methyl sites for hydroxylation is 1. The average Bonchev–Trinajstić information content (AvgIpc) is 3.16. The second kappa shape index (κ2) is 8.86. The molecule has 1 unspecified atom stereocenters. The molecule has 0 aliphatic rings. The van der Waals surface area contributed by atoms with E-state index in [0.29, 0.717) is 17.0 Å². The van der Waals surface area contributed by atoms with Gasteiger partial charge in [-0.15, -0.1) is 10.2 Å². The summed E-state index contributed by atoms with van der Waals surface area (Å²) in [6, 6.07) is 15.9. The maximum absolute atomic E-state index is 12.2. The van der Waals surface area contributed by atoms with Crippen molar-refractivity contribution >= 4 is 23.4 Å². The molecule has 3 aromatic rings. The Morgan fingerprint density at radius 2 is 1.81 bits per heavy atom. The molecule has 140 valence electrons. The van der Waals surface area contributed by atoms with Gasteiger partial charge < -0.3 is 9.73 Å². The van der Waals surface area contributed by atoms with Crippen LogP contribution in [0.25, 0.3) is 11.5 Å². The number of nitrogens with zero attached hydrogens (tertiary/aromatic N) is 2. The maximum Gasteiger partial charge on any atom is 0.277 e. The standard InChI is InChI=1S/C21H23N3O2S/c1-4-15(3)16-9-11-18(12-10-16)22-19(25)13-27-21-24-23-20(26-21)17-7-5-14(2)6-8-17/h5-12,15H,4,13H2,1-3H3,(H,22,25). The smallest absolute Gasteiger partial charge is 0.277 e. The highest BCUT2D eigenvalue weighted by Crippen LogP contribution is 2.24. The molecule has 0 aliphatic carbocycles. The first-order valence-electron chi connectivity index (χ1n) is 8.98. The molecular weight excluding hydrogens is 358 g/mol. The van der Waals surface area contributed by atoms with E-state index in [4.69, 9.17) is 4.42 Å². The van der Waals surface area contributed by atoms with Crippen LogP contribution in [0.1, 0.15) is 37.3 Å². The zero-order valence-corrected chi connectivity index (χ0v) is 16.5. The van der Waals surface area contributed by atoms with Gasteiger partial charge in [-0.2, -0.15) is 0 Å². The first-order chi connectivity index (χ1) is 13.0. The number of hydrogen-bond acceptors (Lipinski definition) is 5. The summed E-state index contributed by atoms with van der Waals surface area (Å²) in [5.74, 6) is 1.08. The fraction of sp³-hybridized carbons (Fsp3) is 0.286. The molecule has 27 heavy (non-hydrogen) atoms. The quantitative estimate of drug-likeness (QED) is 0.563. The monoisotopic (exact) mass is 381 g/mol. The Labute approximate surface area is 163 Å². The fourth-order valence-electron chi connectivity index (χ4n) is 2.54. The summed E-state index contributed by atoms with van der Waals surface area (Å²) in [6.45, 7) is 6.38. The molecule has 0 saturated carbocycles. The van der Waals surface area contributed by atoms with Crippen LogP contribution in [0, 0.1) is 6.92 Å². The van der Waals surface area contributed by atoms with Crippen LogP contribution in [0.2, 0.25) is 0 Å². The second-order valence-corrected chi connectivity index (χ2v) is 7.43. The summed E-state index contributed by atoms with van der Waals surface area (Å²) >= 11 is 1.23. The molecule has 1 N–H and O–H groups in total. The summed E-state index contributed by atoms with van der Waals surface area (Å²) in [4.78, 5) is 12.2. The molecular formula is C21H23N3O2S. The summed E-state index contributed by atoms with van der Waals surface area (Å²) < 4.78 is 5.63. The zero-order valence-electron chi connectivity index (χ0n) is 15.7. The van der Waals surface area contributed by atoms with Crippen molar-refractivity contribution in [3.05, 3.63) is 59.7 Å². The third-order valence-electron chi connectivity index (χ3n) is 4.41. The van der Waals surface area contributed by atoms with Gasteiger partial charge in [0.1, 0.15) is 0 Å². The van der Waals surface area contributed by atoms with Crippen molar-refractivity contribution in [1.29, 1.82) is 0 Å². The van der Waals surface area contributed by atoms with Gasteiger partial charge in [0.2, 0.25) is 11.8 Å². The lowest BCUT2D eigenvalue weighted by atomic mass is 9.99. The van der Waals surface area contributed by atoms with Crippen LogP contribution in [0.5, 0.6) is 0 Å². The molecule has 0 aliphatic heterocycles. The number of aromatic nitrogens is 2. The Morgan fingerprint density at radius 1 is 1.11 bits per heavy atom. The highest BCUT2D eigenvalue weighted by Gasteiger charge is 2.11. The van der Waals surface area contributed by atoms with Crippen molar-refractivity contribution < 1.29 is 9.21 Å². The van der Waals surface area contributed by atoms with Crippen LogP contribution in [-0.2, 0) is 4.79 Å². The van der Waals surface area contributed by atoms with Crippen LogP contribution < -0.4 is 5.32 Å². The minimum atomic E-state index is -0.105. The van der Waals surface area contributed by atoms with Gasteiger partial charge in [0, 0.05) is 11.3 Å². The second-order valence-electron chi connectivity index (χ2n) is 6.51. The molecule has 3 rings (SSSR count). The van der Waals surface area contributed by atoms with Crippen molar-refractivity contribution in [2.24, 2.45) is 0 Å². The predicted molar refractivity (Wildman–Crippen MR) is 109 cm³/mol. The van der Waals surface area contributed by atoms with Crippen molar-refractivity contribution in [2.45, 2.75) is 38.3 Å². The van der Waals surface area contributed by atoms with E-state index in [2.05, 4.69) is 41.5 Å². The number of thioether (sulfide) groups is 1. The van der Waals surface area contributed by atoms with E-state index in [9.17, 15) is 4.79 Å². The van der Waals surface area contributed by atoms with Gasteiger partial charge in [-0.05, 0) is 49.1 Å².